The maximum Gasteiger partial charge on any atom is 0.0362 e. The molecule has 4 nitrogen and oxygen atoms in total. The van der Waals surface area contributed by atoms with Crippen LogP contribution < -0.4 is 22.9 Å². The molecule has 1 atom stereocenters. The average Bonchev–Trinajstić information content (AvgIpc) is 2.39. The van der Waals surface area contributed by atoms with Gasteiger partial charge in [-0.25, -0.2) is 0 Å². The van der Waals surface area contributed by atoms with Gasteiger partial charge in [0.1, 0.15) is 0 Å². The monoisotopic (exact) mass is 268 g/mol. The van der Waals surface area contributed by atoms with E-state index >= 15 is 0 Å². The minimum Gasteiger partial charge on any atom is -0.328 e. The highest BCUT2D eigenvalue weighted by atomic mass is 14.9. The SMILES string of the molecule is CC(N)C(N)(C1CCC(N)CC1)C1CCC(N)CC1. The van der Waals surface area contributed by atoms with E-state index in [0.29, 0.717) is 23.9 Å². The predicted octanol–water partition coefficient (Wildman–Crippen LogP) is 1.07. The highest BCUT2D eigenvalue weighted by Crippen LogP contribution is 2.42. The summed E-state index contributed by atoms with van der Waals surface area (Å²) in [6, 6.07) is 0.785. The topological polar surface area (TPSA) is 104 Å². The fourth-order valence-electron chi connectivity index (χ4n) is 4.32. The third-order valence-electron chi connectivity index (χ3n) is 5.75. The van der Waals surface area contributed by atoms with Crippen LogP contribution in [0.15, 0.2) is 0 Å². The van der Waals surface area contributed by atoms with Crippen molar-refractivity contribution in [3.05, 3.63) is 0 Å². The van der Waals surface area contributed by atoms with E-state index in [1.165, 1.54) is 0 Å². The molecule has 0 amide bonds. The molecule has 2 fully saturated rings. The molecule has 112 valence electrons. The fourth-order valence-corrected chi connectivity index (χ4v) is 4.32. The number of rotatable bonds is 3. The van der Waals surface area contributed by atoms with Crippen molar-refractivity contribution in [1.29, 1.82) is 0 Å². The average molecular weight is 268 g/mol. The number of nitrogens with two attached hydrogens (primary N) is 4. The molecule has 2 aliphatic carbocycles. The van der Waals surface area contributed by atoms with Gasteiger partial charge in [0.05, 0.1) is 0 Å². The second kappa shape index (κ2) is 6.08. The molecule has 1 unspecified atom stereocenters. The highest BCUT2D eigenvalue weighted by molar-refractivity contribution is 5.05. The van der Waals surface area contributed by atoms with Crippen molar-refractivity contribution >= 4 is 0 Å². The molecule has 19 heavy (non-hydrogen) atoms. The Morgan fingerprint density at radius 3 is 1.37 bits per heavy atom. The predicted molar refractivity (Wildman–Crippen MR) is 80.4 cm³/mol. The number of hydrogen-bond donors (Lipinski definition) is 4. The summed E-state index contributed by atoms with van der Waals surface area (Å²) in [6.07, 6.45) is 8.96. The van der Waals surface area contributed by atoms with Gasteiger partial charge in [-0.05, 0) is 70.1 Å². The Morgan fingerprint density at radius 2 is 1.11 bits per heavy atom. The quantitative estimate of drug-likeness (QED) is 0.614. The van der Waals surface area contributed by atoms with E-state index < -0.39 is 0 Å². The van der Waals surface area contributed by atoms with Gasteiger partial charge in [0.15, 0.2) is 0 Å². The van der Waals surface area contributed by atoms with Crippen molar-refractivity contribution in [3.8, 4) is 0 Å². The molecule has 0 heterocycles. The van der Waals surface area contributed by atoms with E-state index in [-0.39, 0.29) is 11.6 Å². The lowest BCUT2D eigenvalue weighted by Gasteiger charge is -2.50. The van der Waals surface area contributed by atoms with Crippen LogP contribution in [0, 0.1) is 11.8 Å². The van der Waals surface area contributed by atoms with Crippen molar-refractivity contribution in [2.75, 3.05) is 0 Å². The molecule has 0 aromatic carbocycles. The van der Waals surface area contributed by atoms with E-state index in [1.807, 2.05) is 0 Å². The van der Waals surface area contributed by atoms with Crippen molar-refractivity contribution in [2.45, 2.75) is 82.0 Å². The smallest absolute Gasteiger partial charge is 0.0362 e. The summed E-state index contributed by atoms with van der Waals surface area (Å²) in [5.41, 5.74) is 25.0. The molecule has 0 saturated heterocycles. The highest BCUT2D eigenvalue weighted by Gasteiger charge is 2.46. The summed E-state index contributed by atoms with van der Waals surface area (Å²) in [5, 5.41) is 0. The van der Waals surface area contributed by atoms with E-state index in [0.717, 1.165) is 51.4 Å². The molecular weight excluding hydrogens is 236 g/mol. The zero-order valence-corrected chi connectivity index (χ0v) is 12.4. The molecule has 2 saturated carbocycles. The molecule has 0 spiro atoms. The second-order valence-corrected chi connectivity index (χ2v) is 7.01. The molecule has 0 aromatic heterocycles. The molecule has 2 rings (SSSR count). The van der Waals surface area contributed by atoms with Gasteiger partial charge in [0, 0.05) is 23.7 Å². The zero-order valence-electron chi connectivity index (χ0n) is 12.4. The lowest BCUT2D eigenvalue weighted by Crippen LogP contribution is -2.65. The van der Waals surface area contributed by atoms with Gasteiger partial charge in [0.25, 0.3) is 0 Å². The molecule has 0 aliphatic heterocycles. The van der Waals surface area contributed by atoms with E-state index in [1.54, 1.807) is 0 Å². The van der Waals surface area contributed by atoms with Crippen molar-refractivity contribution in [2.24, 2.45) is 34.8 Å². The second-order valence-electron chi connectivity index (χ2n) is 7.01. The third-order valence-corrected chi connectivity index (χ3v) is 5.75. The van der Waals surface area contributed by atoms with Crippen LogP contribution in [-0.4, -0.2) is 23.7 Å². The molecule has 0 bridgehead atoms. The lowest BCUT2D eigenvalue weighted by atomic mass is 9.61. The molecule has 2 aliphatic rings. The summed E-state index contributed by atoms with van der Waals surface area (Å²) in [6.45, 7) is 2.09. The normalized spacial score (nSPS) is 41.5. The van der Waals surface area contributed by atoms with Crippen molar-refractivity contribution < 1.29 is 0 Å². The van der Waals surface area contributed by atoms with Gasteiger partial charge in [-0.3, -0.25) is 0 Å². The van der Waals surface area contributed by atoms with Gasteiger partial charge in [-0.15, -0.1) is 0 Å². The first-order chi connectivity index (χ1) is 8.94. The van der Waals surface area contributed by atoms with Crippen LogP contribution >= 0.6 is 0 Å². The minimum absolute atomic E-state index is 0.0474. The Balaban J connectivity index is 2.08. The third kappa shape index (κ3) is 3.13. The Bertz CT molecular complexity index is 254. The first-order valence-corrected chi connectivity index (χ1v) is 8.00. The first-order valence-electron chi connectivity index (χ1n) is 8.00. The summed E-state index contributed by atoms with van der Waals surface area (Å²) < 4.78 is 0. The molecule has 0 aromatic rings. The van der Waals surface area contributed by atoms with Crippen molar-refractivity contribution in [1.82, 2.24) is 0 Å². The van der Waals surface area contributed by atoms with Crippen LogP contribution in [0.5, 0.6) is 0 Å². The van der Waals surface area contributed by atoms with Crippen LogP contribution in [0.2, 0.25) is 0 Å². The Morgan fingerprint density at radius 1 is 0.789 bits per heavy atom. The largest absolute Gasteiger partial charge is 0.328 e. The van der Waals surface area contributed by atoms with Crippen LogP contribution in [0.4, 0.5) is 0 Å². The minimum atomic E-state index is -0.222. The molecular formula is C15H32N4. The fraction of sp³-hybridized carbons (Fsp3) is 1.00. The summed E-state index contributed by atoms with van der Waals surface area (Å²) in [4.78, 5) is 0. The summed E-state index contributed by atoms with van der Waals surface area (Å²) >= 11 is 0. The van der Waals surface area contributed by atoms with Gasteiger partial charge in [-0.2, -0.15) is 0 Å². The van der Waals surface area contributed by atoms with E-state index in [9.17, 15) is 0 Å². The lowest BCUT2D eigenvalue weighted by molar-refractivity contribution is 0.0788. The molecule has 4 heteroatoms. The van der Waals surface area contributed by atoms with Gasteiger partial charge in [-0.1, -0.05) is 0 Å². The maximum absolute atomic E-state index is 6.87. The standard InChI is InChI=1S/C15H32N4/c1-10(16)15(19,11-2-6-13(17)7-3-11)12-4-8-14(18)9-5-12/h10-14H,2-9,16-19H2,1H3. The molecule has 8 N–H and O–H groups in total. The van der Waals surface area contributed by atoms with Gasteiger partial charge < -0.3 is 22.9 Å². The Labute approximate surface area is 117 Å². The summed E-state index contributed by atoms with van der Waals surface area (Å²) in [7, 11) is 0. The number of hydrogen-bond acceptors (Lipinski definition) is 4. The summed E-state index contributed by atoms with van der Waals surface area (Å²) in [5.74, 6) is 1.07. The zero-order chi connectivity index (χ0) is 14.0. The Kier molecular flexibility index (Phi) is 4.88. The molecule has 0 radical (unpaired) electrons. The van der Waals surface area contributed by atoms with Gasteiger partial charge in [0.2, 0.25) is 0 Å². The van der Waals surface area contributed by atoms with Gasteiger partial charge >= 0.3 is 0 Å². The van der Waals surface area contributed by atoms with Crippen LogP contribution in [0.1, 0.15) is 58.3 Å². The first kappa shape index (κ1) is 15.2. The van der Waals surface area contributed by atoms with Crippen LogP contribution in [0.3, 0.4) is 0 Å². The van der Waals surface area contributed by atoms with E-state index in [4.69, 9.17) is 22.9 Å². The van der Waals surface area contributed by atoms with Crippen LogP contribution in [0.25, 0.3) is 0 Å². The maximum atomic E-state index is 6.87. The van der Waals surface area contributed by atoms with Crippen LogP contribution in [-0.2, 0) is 0 Å². The Hall–Kier alpha value is -0.160. The van der Waals surface area contributed by atoms with Crippen molar-refractivity contribution in [3.63, 3.8) is 0 Å². The van der Waals surface area contributed by atoms with E-state index in [2.05, 4.69) is 6.92 Å².